The minimum atomic E-state index is -0.734. The Bertz CT molecular complexity index is 731. The summed E-state index contributed by atoms with van der Waals surface area (Å²) in [5.41, 5.74) is 0.944. The Morgan fingerprint density at radius 2 is 1.97 bits per heavy atom. The van der Waals surface area contributed by atoms with Gasteiger partial charge in [0.25, 0.3) is 0 Å². The molecule has 0 radical (unpaired) electrons. The summed E-state index contributed by atoms with van der Waals surface area (Å²) in [4.78, 5) is 16.3. The van der Waals surface area contributed by atoms with E-state index in [1.807, 2.05) is 24.3 Å². The Labute approximate surface area is 180 Å². The lowest BCUT2D eigenvalue weighted by Gasteiger charge is -2.43. The molecule has 30 heavy (non-hydrogen) atoms. The first kappa shape index (κ1) is 22.6. The maximum absolute atomic E-state index is 12.2. The van der Waals surface area contributed by atoms with Crippen molar-refractivity contribution in [2.45, 2.75) is 63.4 Å². The third-order valence-corrected chi connectivity index (χ3v) is 6.58. The maximum Gasteiger partial charge on any atom is 0.409 e. The molecular weight excluding hydrogens is 378 g/mol. The molecule has 0 aromatic heterocycles. The largest absolute Gasteiger partial charge is 0.449 e. The average molecular weight is 414 g/mol. The lowest BCUT2D eigenvalue weighted by molar-refractivity contribution is -0.0342. The van der Waals surface area contributed by atoms with Gasteiger partial charge in [0.05, 0.1) is 23.8 Å². The number of benzene rings is 1. The van der Waals surface area contributed by atoms with E-state index < -0.39 is 5.60 Å². The molecule has 1 saturated carbocycles. The van der Waals surface area contributed by atoms with Crippen molar-refractivity contribution in [1.82, 2.24) is 9.80 Å². The summed E-state index contributed by atoms with van der Waals surface area (Å²) >= 11 is 0. The number of hydrogen-bond acceptors (Lipinski definition) is 5. The fraction of sp³-hybridized carbons (Fsp3) is 0.667. The van der Waals surface area contributed by atoms with Gasteiger partial charge in [-0.1, -0.05) is 44.7 Å². The number of piperazine rings is 1. The molecular formula is C24H35N3O3. The first-order valence-electron chi connectivity index (χ1n) is 11.4. The van der Waals surface area contributed by atoms with E-state index in [-0.39, 0.29) is 12.0 Å². The van der Waals surface area contributed by atoms with E-state index in [4.69, 9.17) is 4.74 Å². The Kier molecular flexibility index (Phi) is 8.12. The summed E-state index contributed by atoms with van der Waals surface area (Å²) in [5.74, 6) is -0.0332. The van der Waals surface area contributed by atoms with Crippen molar-refractivity contribution in [3.63, 3.8) is 0 Å². The quantitative estimate of drug-likeness (QED) is 0.686. The minimum absolute atomic E-state index is 0.0332. The molecule has 3 rings (SSSR count). The summed E-state index contributed by atoms with van der Waals surface area (Å²) in [6.45, 7) is 6.14. The van der Waals surface area contributed by atoms with Crippen LogP contribution in [-0.4, -0.2) is 65.9 Å². The van der Waals surface area contributed by atoms with E-state index in [0.29, 0.717) is 25.3 Å². The van der Waals surface area contributed by atoms with Gasteiger partial charge in [0.2, 0.25) is 0 Å². The second kappa shape index (κ2) is 10.8. The van der Waals surface area contributed by atoms with Gasteiger partial charge in [-0.3, -0.25) is 4.90 Å². The van der Waals surface area contributed by atoms with E-state index in [1.165, 1.54) is 6.42 Å². The van der Waals surface area contributed by atoms with Crippen molar-refractivity contribution >= 4 is 6.09 Å². The topological polar surface area (TPSA) is 76.8 Å². The summed E-state index contributed by atoms with van der Waals surface area (Å²) in [6, 6.07) is 9.93. The molecule has 6 nitrogen and oxygen atoms in total. The number of ether oxygens (including phenoxy) is 1. The van der Waals surface area contributed by atoms with Crippen LogP contribution in [-0.2, 0) is 4.74 Å². The summed E-state index contributed by atoms with van der Waals surface area (Å²) < 4.78 is 5.34. The third kappa shape index (κ3) is 5.74. The van der Waals surface area contributed by atoms with Crippen LogP contribution in [0.4, 0.5) is 4.79 Å². The van der Waals surface area contributed by atoms with Crippen LogP contribution < -0.4 is 0 Å². The molecule has 2 fully saturated rings. The monoisotopic (exact) mass is 413 g/mol. The van der Waals surface area contributed by atoms with Gasteiger partial charge in [-0.05, 0) is 37.0 Å². The second-order valence-electron chi connectivity index (χ2n) is 8.71. The van der Waals surface area contributed by atoms with Gasteiger partial charge in [-0.2, -0.15) is 5.26 Å². The summed E-state index contributed by atoms with van der Waals surface area (Å²) in [6.07, 6.45) is 6.56. The van der Waals surface area contributed by atoms with Gasteiger partial charge in [0, 0.05) is 38.6 Å². The van der Waals surface area contributed by atoms with Crippen molar-refractivity contribution < 1.29 is 14.6 Å². The fourth-order valence-electron chi connectivity index (χ4n) is 4.69. The molecule has 1 heterocycles. The minimum Gasteiger partial charge on any atom is -0.449 e. The smallest absolute Gasteiger partial charge is 0.409 e. The molecule has 0 bridgehead atoms. The number of carbonyl (C=O) groups excluding carboxylic acids is 1. The van der Waals surface area contributed by atoms with E-state index in [2.05, 4.69) is 17.9 Å². The Balaban J connectivity index is 1.66. The van der Waals surface area contributed by atoms with Crippen molar-refractivity contribution in [2.75, 3.05) is 39.3 Å². The first-order valence-corrected chi connectivity index (χ1v) is 11.4. The molecule has 1 unspecified atom stereocenters. The van der Waals surface area contributed by atoms with Crippen LogP contribution in [0.3, 0.4) is 0 Å². The first-order chi connectivity index (χ1) is 14.6. The predicted octanol–water partition coefficient (Wildman–Crippen LogP) is 3.89. The Morgan fingerprint density at radius 1 is 1.23 bits per heavy atom. The van der Waals surface area contributed by atoms with E-state index in [0.717, 1.165) is 63.7 Å². The molecule has 6 heteroatoms. The van der Waals surface area contributed by atoms with Crippen LogP contribution in [0, 0.1) is 11.3 Å². The summed E-state index contributed by atoms with van der Waals surface area (Å²) in [5, 5.41) is 20.9. The van der Waals surface area contributed by atoms with Crippen LogP contribution >= 0.6 is 0 Å². The number of carbonyl (C=O) groups is 1. The van der Waals surface area contributed by atoms with Crippen LogP contribution in [0.5, 0.6) is 0 Å². The number of unbranched alkanes of at least 4 members (excludes halogenated alkanes) is 1. The zero-order valence-electron chi connectivity index (χ0n) is 18.2. The Hall–Kier alpha value is -2.10. The standard InChI is InChI=1S/C24H35N3O3/c1-2-3-16-30-23(28)27-14-12-26(13-15-27)19-22(24(29)10-5-4-6-11-24)21-9-7-8-20(17-21)18-25/h7-9,17,22,29H,2-6,10-16,19H2,1H3. The number of aliphatic hydroxyl groups is 1. The molecule has 164 valence electrons. The van der Waals surface area contributed by atoms with Crippen LogP contribution in [0.1, 0.15) is 68.9 Å². The van der Waals surface area contributed by atoms with Gasteiger partial charge >= 0.3 is 6.09 Å². The maximum atomic E-state index is 12.2. The zero-order valence-corrected chi connectivity index (χ0v) is 18.2. The van der Waals surface area contributed by atoms with E-state index >= 15 is 0 Å². The van der Waals surface area contributed by atoms with Crippen LogP contribution in [0.25, 0.3) is 0 Å². The van der Waals surface area contributed by atoms with Gasteiger partial charge in [-0.25, -0.2) is 4.79 Å². The zero-order chi connectivity index (χ0) is 21.4. The molecule has 1 aliphatic carbocycles. The SMILES string of the molecule is CCCCOC(=O)N1CCN(CC(c2cccc(C#N)c2)C2(O)CCCCC2)CC1. The van der Waals surface area contributed by atoms with E-state index in [1.54, 1.807) is 4.90 Å². The van der Waals surface area contributed by atoms with Crippen LogP contribution in [0.15, 0.2) is 24.3 Å². The molecule has 1 atom stereocenters. The highest BCUT2D eigenvalue weighted by atomic mass is 16.6. The second-order valence-corrected chi connectivity index (χ2v) is 8.71. The van der Waals surface area contributed by atoms with E-state index in [9.17, 15) is 15.2 Å². The molecule has 1 aliphatic heterocycles. The fourth-order valence-corrected chi connectivity index (χ4v) is 4.69. The molecule has 1 aromatic rings. The van der Waals surface area contributed by atoms with Gasteiger partial charge < -0.3 is 14.7 Å². The molecule has 2 aliphatic rings. The lowest BCUT2D eigenvalue weighted by Crippen LogP contribution is -2.52. The van der Waals surface area contributed by atoms with Gasteiger partial charge in [0.15, 0.2) is 0 Å². The number of rotatable bonds is 7. The van der Waals surface area contributed by atoms with Crippen molar-refractivity contribution in [1.29, 1.82) is 5.26 Å². The highest BCUT2D eigenvalue weighted by molar-refractivity contribution is 5.67. The highest BCUT2D eigenvalue weighted by Crippen LogP contribution is 2.40. The van der Waals surface area contributed by atoms with Crippen molar-refractivity contribution in [3.8, 4) is 6.07 Å². The number of nitrogens with zero attached hydrogens (tertiary/aromatic N) is 3. The van der Waals surface area contributed by atoms with Gasteiger partial charge in [0.1, 0.15) is 0 Å². The van der Waals surface area contributed by atoms with Crippen LogP contribution in [0.2, 0.25) is 0 Å². The number of hydrogen-bond donors (Lipinski definition) is 1. The molecule has 1 saturated heterocycles. The molecule has 1 aromatic carbocycles. The predicted molar refractivity (Wildman–Crippen MR) is 116 cm³/mol. The van der Waals surface area contributed by atoms with Crippen molar-refractivity contribution in [2.24, 2.45) is 0 Å². The van der Waals surface area contributed by atoms with Crippen molar-refractivity contribution in [3.05, 3.63) is 35.4 Å². The average Bonchev–Trinajstić information content (AvgIpc) is 2.78. The lowest BCUT2D eigenvalue weighted by atomic mass is 9.72. The molecule has 1 amide bonds. The Morgan fingerprint density at radius 3 is 2.63 bits per heavy atom. The molecule has 0 spiro atoms. The highest BCUT2D eigenvalue weighted by Gasteiger charge is 2.40. The third-order valence-electron chi connectivity index (χ3n) is 6.58. The number of amides is 1. The number of nitriles is 1. The van der Waals surface area contributed by atoms with Gasteiger partial charge in [-0.15, -0.1) is 0 Å². The normalized spacial score (nSPS) is 20.4. The molecule has 1 N–H and O–H groups in total. The summed E-state index contributed by atoms with van der Waals surface area (Å²) in [7, 11) is 0.